The molecule has 0 N–H and O–H groups in total. The summed E-state index contributed by atoms with van der Waals surface area (Å²) in [6.07, 6.45) is 9.16. The molecule has 0 aliphatic carbocycles. The summed E-state index contributed by atoms with van der Waals surface area (Å²) in [5, 5.41) is 2.27. The molecule has 0 radical (unpaired) electrons. The molecule has 0 saturated carbocycles. The normalized spacial score (nSPS) is 14.5. The monoisotopic (exact) mass is 648 g/mol. The summed E-state index contributed by atoms with van der Waals surface area (Å²) in [5.41, 5.74) is 7.46. The zero-order chi connectivity index (χ0) is 31.5. The Morgan fingerprint density at radius 3 is 2.24 bits per heavy atom. The zero-order valence-electron chi connectivity index (χ0n) is 26.2. The predicted octanol–water partition coefficient (Wildman–Crippen LogP) is 7.89. The van der Waals surface area contributed by atoms with Crippen molar-refractivity contribution in [1.29, 1.82) is 0 Å². The van der Waals surface area contributed by atoms with Crippen molar-refractivity contribution in [3.8, 4) is 21.7 Å². The highest BCUT2D eigenvalue weighted by molar-refractivity contribution is 8.03. The minimum absolute atomic E-state index is 0.0170. The van der Waals surface area contributed by atoms with E-state index in [0.29, 0.717) is 6.54 Å². The molecule has 0 amide bonds. The lowest BCUT2D eigenvalue weighted by Crippen LogP contribution is -2.37. The topological polar surface area (TPSA) is 29.1 Å². The predicted molar refractivity (Wildman–Crippen MR) is 195 cm³/mol. The number of thioether (sulfide) groups is 1. The fourth-order valence-corrected chi connectivity index (χ4v) is 9.21. The first kappa shape index (κ1) is 31.1. The molecular weight excluding hydrogens is 611 g/mol. The van der Waals surface area contributed by atoms with Crippen molar-refractivity contribution in [2.45, 2.75) is 52.1 Å². The molecule has 5 aromatic rings. The molecule has 0 bridgehead atoms. The van der Waals surface area contributed by atoms with Crippen molar-refractivity contribution in [2.24, 2.45) is 0 Å². The maximum absolute atomic E-state index is 13.8. The quantitative estimate of drug-likeness (QED) is 0.120. The van der Waals surface area contributed by atoms with E-state index in [4.69, 9.17) is 0 Å². The van der Waals surface area contributed by atoms with Crippen LogP contribution in [0, 0.1) is 13.8 Å². The van der Waals surface area contributed by atoms with Gasteiger partial charge in [-0.25, -0.2) is 0 Å². The van der Waals surface area contributed by atoms with Crippen LogP contribution in [0.5, 0.6) is 0 Å². The van der Waals surface area contributed by atoms with Crippen molar-refractivity contribution >= 4 is 52.3 Å². The molecule has 2 aromatic heterocycles. The lowest BCUT2D eigenvalue weighted by Gasteiger charge is -2.19. The highest BCUT2D eigenvalue weighted by atomic mass is 32.2. The smallest absolute Gasteiger partial charge is 0.269 e. The van der Waals surface area contributed by atoms with Crippen molar-refractivity contribution < 1.29 is 4.57 Å². The van der Waals surface area contributed by atoms with E-state index in [2.05, 4.69) is 129 Å². The molecule has 3 aromatic carbocycles. The van der Waals surface area contributed by atoms with Crippen LogP contribution in [0.2, 0.25) is 0 Å². The maximum atomic E-state index is 13.8. The number of allylic oxidation sites excluding steroid dienone is 2. The summed E-state index contributed by atoms with van der Waals surface area (Å²) in [6, 6.07) is 25.7. The number of thiazole rings is 2. The van der Waals surface area contributed by atoms with Gasteiger partial charge in [0.15, 0.2) is 0 Å². The van der Waals surface area contributed by atoms with Crippen molar-refractivity contribution in [1.82, 2.24) is 4.57 Å². The number of hydrogen-bond acceptors (Lipinski definition) is 5. The second kappa shape index (κ2) is 13.6. The van der Waals surface area contributed by atoms with Gasteiger partial charge in [-0.3, -0.25) is 9.36 Å². The molecule has 6 rings (SSSR count). The summed E-state index contributed by atoms with van der Waals surface area (Å²) in [7, 11) is 0. The van der Waals surface area contributed by atoms with Crippen LogP contribution in [0.4, 0.5) is 5.69 Å². The van der Waals surface area contributed by atoms with Crippen LogP contribution in [-0.4, -0.2) is 11.1 Å². The number of aromatic nitrogens is 2. The van der Waals surface area contributed by atoms with E-state index < -0.39 is 0 Å². The fraction of sp³-hybridized carbons (Fsp3) is 0.211. The van der Waals surface area contributed by atoms with Gasteiger partial charge in [-0.15, -0.1) is 17.9 Å². The van der Waals surface area contributed by atoms with Crippen LogP contribution in [0.3, 0.4) is 0 Å². The van der Waals surface area contributed by atoms with Crippen LogP contribution in [-0.2, 0) is 13.1 Å². The number of fused-ring (bicyclic) bond motifs is 1. The lowest BCUT2D eigenvalue weighted by molar-refractivity contribution is -0.679. The van der Waals surface area contributed by atoms with Gasteiger partial charge in [-0.05, 0) is 80.3 Å². The van der Waals surface area contributed by atoms with Gasteiger partial charge in [0.1, 0.15) is 16.1 Å². The number of anilines is 1. The number of nitrogens with zero attached hydrogens (tertiary/aromatic N) is 3. The Hall–Kier alpha value is -3.91. The maximum Gasteiger partial charge on any atom is 0.269 e. The Labute approximate surface area is 277 Å². The summed E-state index contributed by atoms with van der Waals surface area (Å²) in [4.78, 5) is 18.7. The van der Waals surface area contributed by atoms with Crippen LogP contribution in [0.1, 0.15) is 36.4 Å². The molecule has 0 spiro atoms. The van der Waals surface area contributed by atoms with Gasteiger partial charge in [-0.1, -0.05) is 84.6 Å². The lowest BCUT2D eigenvalue weighted by atomic mass is 10.1. The molecule has 228 valence electrons. The SMILES string of the molecule is C=CCn1c(=O)/c(=C\C=C2/Sc3cc(C)c(C)cc3N2CCC)s/c1=C\c1sc(-c2ccccc2)c(-c2ccccc2)[n+]1CC. The molecule has 0 saturated heterocycles. The molecule has 1 aliphatic rings. The molecule has 0 unspecified atom stereocenters. The summed E-state index contributed by atoms with van der Waals surface area (Å²) < 4.78 is 5.86. The van der Waals surface area contributed by atoms with Gasteiger partial charge in [0.05, 0.1) is 21.3 Å². The molecule has 4 nitrogen and oxygen atoms in total. The molecule has 7 heteroatoms. The first-order valence-electron chi connectivity index (χ1n) is 15.4. The number of hydrogen-bond donors (Lipinski definition) is 0. The first-order valence-corrected chi connectivity index (χ1v) is 17.9. The van der Waals surface area contributed by atoms with Crippen LogP contribution in [0.25, 0.3) is 33.9 Å². The molecule has 3 heterocycles. The average molecular weight is 649 g/mol. The Morgan fingerprint density at radius 1 is 0.889 bits per heavy atom. The minimum atomic E-state index is 0.0170. The highest BCUT2D eigenvalue weighted by Crippen LogP contribution is 2.47. The number of aryl methyl sites for hydroxylation is 2. The van der Waals surface area contributed by atoms with E-state index in [-0.39, 0.29) is 5.56 Å². The third kappa shape index (κ3) is 6.17. The first-order chi connectivity index (χ1) is 21.9. The van der Waals surface area contributed by atoms with E-state index in [9.17, 15) is 4.79 Å². The Bertz CT molecular complexity index is 2070. The van der Waals surface area contributed by atoms with Gasteiger partial charge in [0.25, 0.3) is 10.6 Å². The molecule has 45 heavy (non-hydrogen) atoms. The highest BCUT2D eigenvalue weighted by Gasteiger charge is 2.27. The largest absolute Gasteiger partial charge is 0.335 e. The summed E-state index contributed by atoms with van der Waals surface area (Å²) >= 11 is 5.10. The third-order valence-corrected chi connectivity index (χ3v) is 11.4. The minimum Gasteiger partial charge on any atom is -0.335 e. The Kier molecular flexibility index (Phi) is 9.40. The molecule has 0 atom stereocenters. The third-order valence-electron chi connectivity index (χ3n) is 8.02. The van der Waals surface area contributed by atoms with E-state index in [1.807, 2.05) is 10.6 Å². The van der Waals surface area contributed by atoms with Gasteiger partial charge in [0, 0.05) is 23.5 Å². The second-order valence-electron chi connectivity index (χ2n) is 11.1. The van der Waals surface area contributed by atoms with Gasteiger partial charge >= 0.3 is 0 Å². The summed E-state index contributed by atoms with van der Waals surface area (Å²) in [5.74, 6) is 0. The van der Waals surface area contributed by atoms with E-state index in [1.165, 1.54) is 43.4 Å². The number of rotatable bonds is 9. The van der Waals surface area contributed by atoms with E-state index in [0.717, 1.165) is 38.7 Å². The van der Waals surface area contributed by atoms with Gasteiger partial charge < -0.3 is 4.90 Å². The average Bonchev–Trinajstić information content (AvgIpc) is 3.69. The van der Waals surface area contributed by atoms with E-state index >= 15 is 0 Å². The van der Waals surface area contributed by atoms with Crippen LogP contribution >= 0.6 is 34.4 Å². The van der Waals surface area contributed by atoms with Crippen molar-refractivity contribution in [2.75, 3.05) is 11.4 Å². The molecule has 1 aliphatic heterocycles. The fourth-order valence-electron chi connectivity index (χ4n) is 5.67. The van der Waals surface area contributed by atoms with Crippen molar-refractivity contribution in [3.63, 3.8) is 0 Å². The molecular formula is C38H38N3OS3+. The summed E-state index contributed by atoms with van der Waals surface area (Å²) in [6.45, 7) is 14.9. The molecule has 0 fully saturated rings. The second-order valence-corrected chi connectivity index (χ2v) is 14.2. The Balaban J connectivity index is 1.49. The standard InChI is InChI=1S/C38H38N3OS3/c1-6-21-40-30-23-26(4)27(5)24-32(30)44-33(40)20-19-31-38(42)41(22-7-2)35(43-31)25-34-39(8-3)36(28-15-11-9-12-16-28)37(45-34)29-17-13-10-14-18-29/h7,9-20,23-25H,2,6,8,21-22H2,1,3-5H3/q+1/b31-19+,33-20-. The Morgan fingerprint density at radius 2 is 1.58 bits per heavy atom. The van der Waals surface area contributed by atoms with Gasteiger partial charge in [-0.2, -0.15) is 4.57 Å². The van der Waals surface area contributed by atoms with Crippen molar-refractivity contribution in [3.05, 3.63) is 132 Å². The van der Waals surface area contributed by atoms with Crippen LogP contribution in [0.15, 0.2) is 106 Å². The van der Waals surface area contributed by atoms with Crippen LogP contribution < -0.4 is 24.2 Å². The van der Waals surface area contributed by atoms with Gasteiger partial charge in [0.2, 0.25) is 5.69 Å². The van der Waals surface area contributed by atoms with E-state index in [1.54, 1.807) is 40.5 Å². The number of benzene rings is 3. The zero-order valence-corrected chi connectivity index (χ0v) is 28.7.